The van der Waals surface area contributed by atoms with Crippen LogP contribution in [0.3, 0.4) is 0 Å². The zero-order valence-electron chi connectivity index (χ0n) is 11.6. The van der Waals surface area contributed by atoms with E-state index in [-0.39, 0.29) is 18.4 Å². The van der Waals surface area contributed by atoms with Crippen molar-refractivity contribution in [3.05, 3.63) is 23.8 Å². The number of phenolic OH excluding ortho intramolecular Hbond substituents is 1. The fourth-order valence-corrected chi connectivity index (χ4v) is 2.44. The fourth-order valence-electron chi connectivity index (χ4n) is 2.44. The Kier molecular flexibility index (Phi) is 4.46. The van der Waals surface area contributed by atoms with E-state index in [0.29, 0.717) is 18.9 Å². The summed E-state index contributed by atoms with van der Waals surface area (Å²) in [6.07, 6.45) is 0. The molecule has 2 rings (SSSR count). The highest BCUT2D eigenvalue weighted by Crippen LogP contribution is 2.28. The average Bonchev–Trinajstić information content (AvgIpc) is 2.90. The Hall–Kier alpha value is -1.79. The van der Waals surface area contributed by atoms with Gasteiger partial charge >= 0.3 is 5.97 Å². The SMILES string of the molecule is COc1cc(CN(C)C2COCC2C(=O)O)ccc1O. The van der Waals surface area contributed by atoms with Crippen LogP contribution in [0.5, 0.6) is 11.5 Å². The van der Waals surface area contributed by atoms with Gasteiger partial charge in [-0.3, -0.25) is 9.69 Å². The van der Waals surface area contributed by atoms with E-state index in [9.17, 15) is 9.90 Å². The highest BCUT2D eigenvalue weighted by molar-refractivity contribution is 5.71. The second kappa shape index (κ2) is 6.11. The highest BCUT2D eigenvalue weighted by Gasteiger charge is 2.36. The molecule has 0 spiro atoms. The molecule has 1 aromatic rings. The smallest absolute Gasteiger partial charge is 0.310 e. The summed E-state index contributed by atoms with van der Waals surface area (Å²) in [6.45, 7) is 1.24. The first-order valence-corrected chi connectivity index (χ1v) is 6.39. The van der Waals surface area contributed by atoms with Crippen LogP contribution in [0, 0.1) is 5.92 Å². The number of carboxylic acids is 1. The molecule has 0 aliphatic carbocycles. The molecule has 2 unspecified atom stereocenters. The van der Waals surface area contributed by atoms with E-state index in [4.69, 9.17) is 14.6 Å². The Morgan fingerprint density at radius 1 is 1.50 bits per heavy atom. The summed E-state index contributed by atoms with van der Waals surface area (Å²) in [5, 5.41) is 18.7. The normalized spacial score (nSPS) is 22.1. The lowest BCUT2D eigenvalue weighted by atomic mass is 10.0. The minimum Gasteiger partial charge on any atom is -0.504 e. The van der Waals surface area contributed by atoms with Gasteiger partial charge in [-0.05, 0) is 24.7 Å². The number of carbonyl (C=O) groups is 1. The zero-order valence-corrected chi connectivity index (χ0v) is 11.6. The fraction of sp³-hybridized carbons (Fsp3) is 0.500. The molecule has 0 bridgehead atoms. The van der Waals surface area contributed by atoms with Crippen LogP contribution in [-0.2, 0) is 16.1 Å². The van der Waals surface area contributed by atoms with E-state index in [2.05, 4.69) is 0 Å². The minimum absolute atomic E-state index is 0.0894. The maximum Gasteiger partial charge on any atom is 0.310 e. The van der Waals surface area contributed by atoms with Gasteiger partial charge in [0.2, 0.25) is 0 Å². The maximum absolute atomic E-state index is 11.2. The maximum atomic E-state index is 11.2. The van der Waals surface area contributed by atoms with Gasteiger partial charge in [-0.15, -0.1) is 0 Å². The lowest BCUT2D eigenvalue weighted by Gasteiger charge is -2.26. The Morgan fingerprint density at radius 2 is 2.25 bits per heavy atom. The molecule has 110 valence electrons. The van der Waals surface area contributed by atoms with Crippen LogP contribution in [0.1, 0.15) is 5.56 Å². The molecule has 1 fully saturated rings. The second-order valence-electron chi connectivity index (χ2n) is 4.97. The number of ether oxygens (including phenoxy) is 2. The molecule has 0 aromatic heterocycles. The third-order valence-electron chi connectivity index (χ3n) is 3.61. The number of carboxylic acid groups (broad SMARTS) is 1. The summed E-state index contributed by atoms with van der Waals surface area (Å²) in [5.74, 6) is -0.832. The van der Waals surface area contributed by atoms with Crippen LogP contribution in [0.25, 0.3) is 0 Å². The third-order valence-corrected chi connectivity index (χ3v) is 3.61. The quantitative estimate of drug-likeness (QED) is 0.836. The van der Waals surface area contributed by atoms with Crippen molar-refractivity contribution in [1.29, 1.82) is 0 Å². The molecule has 20 heavy (non-hydrogen) atoms. The molecule has 1 aromatic carbocycles. The predicted molar refractivity (Wildman–Crippen MR) is 71.9 cm³/mol. The standard InChI is InChI=1S/C14H19NO5/c1-15(11-8-20-7-10(11)14(17)18)6-9-3-4-12(16)13(5-9)19-2/h3-5,10-11,16H,6-8H2,1-2H3,(H,17,18). The average molecular weight is 281 g/mol. The van der Waals surface area contributed by atoms with E-state index in [1.54, 1.807) is 18.2 Å². The second-order valence-corrected chi connectivity index (χ2v) is 4.97. The molecule has 1 aliphatic rings. The van der Waals surface area contributed by atoms with Crippen LogP contribution in [-0.4, -0.2) is 54.5 Å². The largest absolute Gasteiger partial charge is 0.504 e. The van der Waals surface area contributed by atoms with Crippen molar-refractivity contribution >= 4 is 5.97 Å². The topological polar surface area (TPSA) is 79.2 Å². The molecule has 6 heteroatoms. The van der Waals surface area contributed by atoms with Gasteiger partial charge in [-0.25, -0.2) is 0 Å². The van der Waals surface area contributed by atoms with Crippen LogP contribution in [0.2, 0.25) is 0 Å². The molecule has 0 amide bonds. The van der Waals surface area contributed by atoms with Crippen LogP contribution >= 0.6 is 0 Å². The Morgan fingerprint density at radius 3 is 2.90 bits per heavy atom. The first-order chi connectivity index (χ1) is 9.52. The third kappa shape index (κ3) is 3.02. The Bertz CT molecular complexity index is 490. The van der Waals surface area contributed by atoms with Gasteiger partial charge in [-0.1, -0.05) is 6.07 Å². The first kappa shape index (κ1) is 14.6. The summed E-state index contributed by atoms with van der Waals surface area (Å²) in [7, 11) is 3.36. The molecular formula is C14H19NO5. The van der Waals surface area contributed by atoms with E-state index in [1.807, 2.05) is 11.9 Å². The van der Waals surface area contributed by atoms with Gasteiger partial charge in [0.05, 0.1) is 26.2 Å². The van der Waals surface area contributed by atoms with Crippen LogP contribution in [0.4, 0.5) is 0 Å². The zero-order chi connectivity index (χ0) is 14.7. The molecule has 2 N–H and O–H groups in total. The number of benzene rings is 1. The lowest BCUT2D eigenvalue weighted by molar-refractivity contribution is -0.143. The van der Waals surface area contributed by atoms with Gasteiger partial charge in [0.15, 0.2) is 11.5 Å². The molecule has 0 saturated carbocycles. The van der Waals surface area contributed by atoms with E-state index in [0.717, 1.165) is 5.56 Å². The first-order valence-electron chi connectivity index (χ1n) is 6.39. The minimum atomic E-state index is -0.831. The van der Waals surface area contributed by atoms with Crippen molar-refractivity contribution in [3.8, 4) is 11.5 Å². The molecular weight excluding hydrogens is 262 g/mol. The Labute approximate surface area is 117 Å². The van der Waals surface area contributed by atoms with Crippen LogP contribution in [0.15, 0.2) is 18.2 Å². The molecule has 1 heterocycles. The summed E-state index contributed by atoms with van der Waals surface area (Å²) in [4.78, 5) is 13.1. The number of likely N-dealkylation sites (N-methyl/N-ethyl adjacent to an activating group) is 1. The van der Waals surface area contributed by atoms with Crippen molar-refractivity contribution in [2.45, 2.75) is 12.6 Å². The number of nitrogens with zero attached hydrogens (tertiary/aromatic N) is 1. The van der Waals surface area contributed by atoms with Crippen molar-refractivity contribution < 1.29 is 24.5 Å². The van der Waals surface area contributed by atoms with E-state index in [1.165, 1.54) is 7.11 Å². The van der Waals surface area contributed by atoms with Crippen molar-refractivity contribution in [1.82, 2.24) is 4.90 Å². The molecule has 1 aliphatic heterocycles. The summed E-state index contributed by atoms with van der Waals surface area (Å²) < 4.78 is 10.3. The number of aliphatic carboxylic acids is 1. The van der Waals surface area contributed by atoms with Gasteiger partial charge < -0.3 is 19.7 Å². The molecule has 0 radical (unpaired) electrons. The van der Waals surface area contributed by atoms with E-state index < -0.39 is 11.9 Å². The number of methoxy groups -OCH3 is 1. The number of rotatable bonds is 5. The summed E-state index contributed by atoms with van der Waals surface area (Å²) in [6, 6.07) is 4.96. The number of hydrogen-bond acceptors (Lipinski definition) is 5. The lowest BCUT2D eigenvalue weighted by Crippen LogP contribution is -2.40. The van der Waals surface area contributed by atoms with Gasteiger partial charge in [0.1, 0.15) is 0 Å². The summed E-state index contributed by atoms with van der Waals surface area (Å²) in [5.41, 5.74) is 0.943. The molecule has 1 saturated heterocycles. The van der Waals surface area contributed by atoms with Gasteiger partial charge in [0.25, 0.3) is 0 Å². The number of hydrogen-bond donors (Lipinski definition) is 2. The molecule has 6 nitrogen and oxygen atoms in total. The Balaban J connectivity index is 2.07. The van der Waals surface area contributed by atoms with Crippen molar-refractivity contribution in [3.63, 3.8) is 0 Å². The van der Waals surface area contributed by atoms with Crippen molar-refractivity contribution in [2.24, 2.45) is 5.92 Å². The predicted octanol–water partition coefficient (Wildman–Crippen LogP) is 0.932. The van der Waals surface area contributed by atoms with Crippen molar-refractivity contribution in [2.75, 3.05) is 27.4 Å². The molecule has 2 atom stereocenters. The number of aromatic hydroxyl groups is 1. The number of phenols is 1. The highest BCUT2D eigenvalue weighted by atomic mass is 16.5. The summed E-state index contributed by atoms with van der Waals surface area (Å²) >= 11 is 0. The van der Waals surface area contributed by atoms with E-state index >= 15 is 0 Å². The van der Waals surface area contributed by atoms with Gasteiger partial charge in [0, 0.05) is 12.6 Å². The van der Waals surface area contributed by atoms with Gasteiger partial charge in [-0.2, -0.15) is 0 Å². The monoisotopic (exact) mass is 281 g/mol. The van der Waals surface area contributed by atoms with Crippen LogP contribution < -0.4 is 4.74 Å².